The van der Waals surface area contributed by atoms with Crippen LogP contribution in [0.1, 0.15) is 51.3 Å². The van der Waals surface area contributed by atoms with E-state index in [1.807, 2.05) is 13.0 Å². The summed E-state index contributed by atoms with van der Waals surface area (Å²) >= 11 is 5.37. The number of hydrogen-bond donors (Lipinski definition) is 4. The fourth-order valence-corrected chi connectivity index (χ4v) is 4.22. The Bertz CT molecular complexity index is 877. The molecule has 29 heavy (non-hydrogen) atoms. The van der Waals surface area contributed by atoms with Gasteiger partial charge in [0.2, 0.25) is 0 Å². The van der Waals surface area contributed by atoms with Crippen LogP contribution in [0.2, 0.25) is 0 Å². The van der Waals surface area contributed by atoms with Crippen LogP contribution in [0.5, 0.6) is 0 Å². The second-order valence-corrected chi connectivity index (χ2v) is 8.62. The molecule has 1 heterocycles. The third-order valence-electron chi connectivity index (χ3n) is 5.57. The van der Waals surface area contributed by atoms with E-state index in [1.54, 1.807) is 0 Å². The summed E-state index contributed by atoms with van der Waals surface area (Å²) in [5.41, 5.74) is 4.67. The zero-order valence-electron chi connectivity index (χ0n) is 17.5. The van der Waals surface area contributed by atoms with Crippen molar-refractivity contribution in [1.82, 2.24) is 15.2 Å². The fraction of sp³-hybridized carbons (Fsp3) is 0.545. The highest BCUT2D eigenvalue weighted by molar-refractivity contribution is 7.80. The van der Waals surface area contributed by atoms with Crippen LogP contribution < -0.4 is 10.6 Å². The molecule has 1 unspecified atom stereocenters. The summed E-state index contributed by atoms with van der Waals surface area (Å²) in [6.45, 7) is 7.84. The average molecular weight is 417 g/mol. The van der Waals surface area contributed by atoms with Gasteiger partial charge in [-0.25, -0.2) is 4.79 Å². The normalized spacial score (nSPS) is 16.1. The Hall–Kier alpha value is -2.12. The number of thiocarbonyl (C=S) groups is 1. The van der Waals surface area contributed by atoms with Gasteiger partial charge in [-0.05, 0) is 74.1 Å². The number of nitrogens with one attached hydrogen (secondary N) is 3. The topological polar surface area (TPSA) is 80.4 Å². The number of nitrogens with zero attached hydrogens (tertiary/aromatic N) is 1. The molecule has 0 fully saturated rings. The lowest BCUT2D eigenvalue weighted by molar-refractivity contribution is 0.169. The minimum Gasteiger partial charge on any atom is -0.465 e. The molecule has 0 spiro atoms. The van der Waals surface area contributed by atoms with E-state index >= 15 is 0 Å². The van der Waals surface area contributed by atoms with Crippen molar-refractivity contribution >= 4 is 40.0 Å². The van der Waals surface area contributed by atoms with Gasteiger partial charge in [-0.1, -0.05) is 27.2 Å². The molecule has 2 aromatic rings. The molecule has 158 valence electrons. The Labute approximate surface area is 178 Å². The van der Waals surface area contributed by atoms with Crippen LogP contribution in [0, 0.1) is 5.92 Å². The highest BCUT2D eigenvalue weighted by Crippen LogP contribution is 2.33. The summed E-state index contributed by atoms with van der Waals surface area (Å²) in [7, 11) is 0. The number of fused-ring (bicyclic) bond motifs is 3. The van der Waals surface area contributed by atoms with Crippen molar-refractivity contribution in [2.75, 3.05) is 18.4 Å². The molecule has 0 bridgehead atoms. The number of hydrogen-bond acceptors (Lipinski definition) is 3. The van der Waals surface area contributed by atoms with Crippen molar-refractivity contribution in [2.45, 2.75) is 58.9 Å². The first-order valence-corrected chi connectivity index (χ1v) is 11.0. The number of carbonyl (C=O) groups is 1. The number of H-pyrrole nitrogens is 1. The Kier molecular flexibility index (Phi) is 7.14. The molecular formula is C22H32N4O2S. The van der Waals surface area contributed by atoms with E-state index < -0.39 is 6.09 Å². The number of carboxylic acid groups (broad SMARTS) is 1. The molecule has 0 saturated heterocycles. The molecule has 0 radical (unpaired) electrons. The Morgan fingerprint density at radius 2 is 2.21 bits per heavy atom. The monoisotopic (exact) mass is 416 g/mol. The van der Waals surface area contributed by atoms with Crippen LogP contribution in [0.3, 0.4) is 0 Å². The first-order chi connectivity index (χ1) is 13.9. The average Bonchev–Trinajstić information content (AvgIpc) is 3.03. The van der Waals surface area contributed by atoms with E-state index in [9.17, 15) is 9.90 Å². The minimum atomic E-state index is -1.02. The van der Waals surface area contributed by atoms with Crippen LogP contribution in [-0.2, 0) is 12.8 Å². The van der Waals surface area contributed by atoms with Crippen molar-refractivity contribution < 1.29 is 9.90 Å². The van der Waals surface area contributed by atoms with Crippen LogP contribution >= 0.6 is 12.2 Å². The molecule has 0 saturated carbocycles. The second-order valence-electron chi connectivity index (χ2n) is 8.23. The first-order valence-electron chi connectivity index (χ1n) is 10.6. The van der Waals surface area contributed by atoms with Crippen LogP contribution in [0.15, 0.2) is 18.2 Å². The van der Waals surface area contributed by atoms with E-state index in [0.717, 1.165) is 43.4 Å². The summed E-state index contributed by atoms with van der Waals surface area (Å²) in [4.78, 5) is 16.3. The number of rotatable bonds is 7. The van der Waals surface area contributed by atoms with Crippen LogP contribution in [0.4, 0.5) is 10.5 Å². The Morgan fingerprint density at radius 3 is 2.90 bits per heavy atom. The molecule has 1 aromatic carbocycles. The lowest BCUT2D eigenvalue weighted by Crippen LogP contribution is -2.39. The van der Waals surface area contributed by atoms with Crippen molar-refractivity contribution in [2.24, 2.45) is 5.92 Å². The number of aryl methyl sites for hydroxylation is 1. The maximum absolute atomic E-state index is 11.5. The van der Waals surface area contributed by atoms with Gasteiger partial charge in [0.25, 0.3) is 0 Å². The molecular weight excluding hydrogens is 384 g/mol. The maximum Gasteiger partial charge on any atom is 0.413 e. The largest absolute Gasteiger partial charge is 0.465 e. The summed E-state index contributed by atoms with van der Waals surface area (Å²) in [5.74, 6) is 0.637. The van der Waals surface area contributed by atoms with Crippen LogP contribution in [-0.4, -0.2) is 45.3 Å². The molecule has 1 aliphatic rings. The van der Waals surface area contributed by atoms with E-state index in [0.29, 0.717) is 18.5 Å². The van der Waals surface area contributed by atoms with Gasteiger partial charge in [-0.15, -0.1) is 0 Å². The van der Waals surface area contributed by atoms with Gasteiger partial charge in [0.1, 0.15) is 0 Å². The number of anilines is 1. The number of amides is 1. The van der Waals surface area contributed by atoms with Gasteiger partial charge in [-0.3, -0.25) is 4.90 Å². The quantitative estimate of drug-likeness (QED) is 0.490. The van der Waals surface area contributed by atoms with Crippen molar-refractivity contribution in [3.63, 3.8) is 0 Å². The van der Waals surface area contributed by atoms with Gasteiger partial charge < -0.3 is 20.7 Å². The molecule has 0 aliphatic heterocycles. The van der Waals surface area contributed by atoms with Crippen molar-refractivity contribution in [3.05, 3.63) is 29.5 Å². The third kappa shape index (κ3) is 5.28. The second kappa shape index (κ2) is 9.59. The lowest BCUT2D eigenvalue weighted by atomic mass is 9.86. The van der Waals surface area contributed by atoms with Gasteiger partial charge in [0, 0.05) is 34.9 Å². The molecule has 1 aromatic heterocycles. The zero-order valence-corrected chi connectivity index (χ0v) is 18.4. The molecule has 6 nitrogen and oxygen atoms in total. The number of aromatic amines is 1. The smallest absolute Gasteiger partial charge is 0.413 e. The molecule has 1 amide bonds. The molecule has 7 heteroatoms. The summed E-state index contributed by atoms with van der Waals surface area (Å²) < 4.78 is 0. The molecule has 3 rings (SSSR count). The Balaban J connectivity index is 1.77. The SMILES string of the molecule is CCCCN(C(=O)O)C(=S)Nc1ccc2[nH]c3c(c2c1)CC(CNC(C)C)CC3. The van der Waals surface area contributed by atoms with Gasteiger partial charge >= 0.3 is 6.09 Å². The number of aromatic nitrogens is 1. The number of benzene rings is 1. The predicted molar refractivity (Wildman–Crippen MR) is 123 cm³/mol. The minimum absolute atomic E-state index is 0.230. The molecule has 1 aliphatic carbocycles. The van der Waals surface area contributed by atoms with Gasteiger partial charge in [-0.2, -0.15) is 0 Å². The lowest BCUT2D eigenvalue weighted by Gasteiger charge is -2.24. The predicted octanol–water partition coefficient (Wildman–Crippen LogP) is 4.75. The van der Waals surface area contributed by atoms with Crippen molar-refractivity contribution in [3.8, 4) is 0 Å². The molecule has 1 atom stereocenters. The van der Waals surface area contributed by atoms with E-state index in [2.05, 4.69) is 41.6 Å². The third-order valence-corrected chi connectivity index (χ3v) is 5.89. The standard InChI is InChI=1S/C22H32N4O2S/c1-4-5-10-26(22(27)28)21(29)24-16-7-9-20-18(12-16)17-11-15(13-23-14(2)3)6-8-19(17)25-20/h7,9,12,14-15,23,25H,4-6,8,10-11,13H2,1-3H3,(H,24,29)(H,27,28). The number of unbranched alkanes of at least 4 members (excludes halogenated alkanes) is 1. The fourth-order valence-electron chi connectivity index (χ4n) is 3.93. The summed E-state index contributed by atoms with van der Waals surface area (Å²) in [6.07, 6.45) is 4.00. The first kappa shape index (κ1) is 21.6. The highest BCUT2D eigenvalue weighted by Gasteiger charge is 2.23. The van der Waals surface area contributed by atoms with Crippen molar-refractivity contribution in [1.29, 1.82) is 0 Å². The zero-order chi connectivity index (χ0) is 21.0. The van der Waals surface area contributed by atoms with Crippen LogP contribution in [0.25, 0.3) is 10.9 Å². The Morgan fingerprint density at radius 1 is 1.41 bits per heavy atom. The summed E-state index contributed by atoms with van der Waals surface area (Å²) in [5, 5.41) is 17.6. The van der Waals surface area contributed by atoms with Gasteiger partial charge in [0.05, 0.1) is 0 Å². The van der Waals surface area contributed by atoms with Gasteiger partial charge in [0.15, 0.2) is 5.11 Å². The molecule has 4 N–H and O–H groups in total. The summed E-state index contributed by atoms with van der Waals surface area (Å²) in [6, 6.07) is 6.60. The maximum atomic E-state index is 11.5. The van der Waals surface area contributed by atoms with E-state index in [4.69, 9.17) is 12.2 Å². The van der Waals surface area contributed by atoms with E-state index in [-0.39, 0.29) is 5.11 Å². The highest BCUT2D eigenvalue weighted by atomic mass is 32.1. The van der Waals surface area contributed by atoms with E-state index in [1.165, 1.54) is 28.0 Å².